The minimum atomic E-state index is -4.40. The third-order valence-electron chi connectivity index (χ3n) is 3.53. The van der Waals surface area contributed by atoms with Crippen LogP contribution < -0.4 is 0 Å². The van der Waals surface area contributed by atoms with Gasteiger partial charge < -0.3 is 4.90 Å². The van der Waals surface area contributed by atoms with Gasteiger partial charge in [0, 0.05) is 18.0 Å². The predicted octanol–water partition coefficient (Wildman–Crippen LogP) is 3.46. The maximum absolute atomic E-state index is 12.5. The van der Waals surface area contributed by atoms with Gasteiger partial charge in [0.15, 0.2) is 5.16 Å². The normalized spacial score (nSPS) is 21.1. The van der Waals surface area contributed by atoms with Crippen LogP contribution >= 0.6 is 11.8 Å². The summed E-state index contributed by atoms with van der Waals surface area (Å²) in [7, 11) is 2.11. The molecule has 0 N–H and O–H groups in total. The first-order chi connectivity index (χ1) is 9.47. The van der Waals surface area contributed by atoms with Crippen molar-refractivity contribution >= 4 is 11.8 Å². The molecule has 1 aliphatic rings. The van der Waals surface area contributed by atoms with Crippen LogP contribution in [0.3, 0.4) is 0 Å². The summed E-state index contributed by atoms with van der Waals surface area (Å²) in [6.07, 6.45) is 1.37. The van der Waals surface area contributed by atoms with Gasteiger partial charge >= 0.3 is 6.18 Å². The number of nitrogens with zero attached hydrogens (tertiary/aromatic N) is 3. The van der Waals surface area contributed by atoms with Gasteiger partial charge in [0.2, 0.25) is 0 Å². The molecule has 0 aromatic carbocycles. The van der Waals surface area contributed by atoms with Crippen molar-refractivity contribution in [1.82, 2.24) is 14.9 Å². The number of thioether (sulfide) groups is 1. The van der Waals surface area contributed by atoms with Crippen LogP contribution in [0.2, 0.25) is 0 Å². The first-order valence-electron chi connectivity index (χ1n) is 6.70. The van der Waals surface area contributed by atoms with E-state index in [1.807, 2.05) is 0 Å². The van der Waals surface area contributed by atoms with Crippen LogP contribution in [0, 0.1) is 0 Å². The maximum Gasteiger partial charge on any atom is 0.433 e. The maximum atomic E-state index is 12.5. The van der Waals surface area contributed by atoms with E-state index in [-0.39, 0.29) is 5.16 Å². The van der Waals surface area contributed by atoms with Gasteiger partial charge in [-0.3, -0.25) is 0 Å². The summed E-state index contributed by atoms with van der Waals surface area (Å²) in [5.41, 5.74) is -0.871. The number of hydrogen-bond acceptors (Lipinski definition) is 4. The summed E-state index contributed by atoms with van der Waals surface area (Å²) >= 11 is 1.30. The highest BCUT2D eigenvalue weighted by molar-refractivity contribution is 7.99. The van der Waals surface area contributed by atoms with Gasteiger partial charge in [0.25, 0.3) is 0 Å². The molecule has 112 valence electrons. The lowest BCUT2D eigenvalue weighted by Crippen LogP contribution is -2.36. The van der Waals surface area contributed by atoms with Crippen molar-refractivity contribution < 1.29 is 13.2 Å². The van der Waals surface area contributed by atoms with Crippen molar-refractivity contribution in [1.29, 1.82) is 0 Å². The lowest BCUT2D eigenvalue weighted by Gasteiger charge is -2.32. The highest BCUT2D eigenvalue weighted by Crippen LogP contribution is 2.29. The minimum absolute atomic E-state index is 0.207. The van der Waals surface area contributed by atoms with Gasteiger partial charge in [-0.1, -0.05) is 18.2 Å². The predicted molar refractivity (Wildman–Crippen MR) is 72.6 cm³/mol. The zero-order valence-electron chi connectivity index (χ0n) is 11.4. The molecule has 0 bridgehead atoms. The smallest absolute Gasteiger partial charge is 0.303 e. The second-order valence-electron chi connectivity index (χ2n) is 4.99. The summed E-state index contributed by atoms with van der Waals surface area (Å²) in [6, 6.07) is 1.43. The zero-order chi connectivity index (χ0) is 14.6. The van der Waals surface area contributed by atoms with E-state index >= 15 is 0 Å². The Balaban J connectivity index is 1.85. The molecule has 3 nitrogen and oxygen atoms in total. The largest absolute Gasteiger partial charge is 0.433 e. The molecule has 0 aliphatic carbocycles. The second-order valence-corrected chi connectivity index (χ2v) is 6.05. The third-order valence-corrected chi connectivity index (χ3v) is 4.42. The monoisotopic (exact) mass is 305 g/mol. The van der Waals surface area contributed by atoms with Crippen molar-refractivity contribution in [2.75, 3.05) is 19.3 Å². The van der Waals surface area contributed by atoms with E-state index in [1.54, 1.807) is 0 Å². The molecule has 2 rings (SSSR count). The van der Waals surface area contributed by atoms with E-state index < -0.39 is 11.9 Å². The molecule has 1 fully saturated rings. The number of halogens is 3. The Morgan fingerprint density at radius 1 is 1.40 bits per heavy atom. The van der Waals surface area contributed by atoms with Crippen LogP contribution in [0.4, 0.5) is 13.2 Å². The first kappa shape index (κ1) is 15.6. The van der Waals surface area contributed by atoms with Crippen LogP contribution in [0.1, 0.15) is 31.4 Å². The Kier molecular flexibility index (Phi) is 5.26. The Hall–Kier alpha value is -0.820. The molecular weight excluding hydrogens is 287 g/mol. The van der Waals surface area contributed by atoms with Crippen LogP contribution in [0.5, 0.6) is 0 Å². The lowest BCUT2D eigenvalue weighted by atomic mass is 10.0. The highest BCUT2D eigenvalue weighted by atomic mass is 32.2. The van der Waals surface area contributed by atoms with Gasteiger partial charge in [-0.2, -0.15) is 13.2 Å². The summed E-state index contributed by atoms with van der Waals surface area (Å²) in [6.45, 7) is 1.11. The molecule has 1 saturated heterocycles. The fourth-order valence-electron chi connectivity index (χ4n) is 2.36. The van der Waals surface area contributed by atoms with E-state index in [9.17, 15) is 13.2 Å². The summed E-state index contributed by atoms with van der Waals surface area (Å²) in [5.74, 6) is 0.746. The van der Waals surface area contributed by atoms with Gasteiger partial charge in [0.1, 0.15) is 5.69 Å². The van der Waals surface area contributed by atoms with Crippen LogP contribution in [-0.4, -0.2) is 40.3 Å². The average molecular weight is 305 g/mol. The number of likely N-dealkylation sites (tertiary alicyclic amines) is 1. The molecule has 0 saturated carbocycles. The summed E-state index contributed by atoms with van der Waals surface area (Å²) < 4.78 is 37.6. The minimum Gasteiger partial charge on any atom is -0.303 e. The molecule has 20 heavy (non-hydrogen) atoms. The van der Waals surface area contributed by atoms with Crippen LogP contribution in [0.25, 0.3) is 0 Å². The Morgan fingerprint density at radius 3 is 2.90 bits per heavy atom. The van der Waals surface area contributed by atoms with Crippen LogP contribution in [-0.2, 0) is 6.18 Å². The van der Waals surface area contributed by atoms with Crippen molar-refractivity contribution in [2.24, 2.45) is 0 Å². The number of alkyl halides is 3. The Morgan fingerprint density at radius 2 is 2.20 bits per heavy atom. The molecule has 0 radical (unpaired) electrons. The Bertz CT molecular complexity index is 439. The first-order valence-corrected chi connectivity index (χ1v) is 7.68. The molecule has 1 aromatic rings. The Labute approximate surface area is 121 Å². The molecule has 7 heteroatoms. The topological polar surface area (TPSA) is 29.0 Å². The van der Waals surface area contributed by atoms with Gasteiger partial charge in [0.05, 0.1) is 0 Å². The molecule has 2 heterocycles. The molecule has 0 amide bonds. The summed E-state index contributed by atoms with van der Waals surface area (Å²) in [5, 5.41) is 0.207. The number of aromatic nitrogens is 2. The molecule has 0 spiro atoms. The standard InChI is InChI=1S/C13H18F3N3S/c1-19-8-3-2-4-10(19)6-9-20-12-17-7-5-11(18-12)13(14,15)16/h5,7,10H,2-4,6,8-9H2,1H3/t10-/m0/s1. The van der Waals surface area contributed by atoms with E-state index in [0.717, 1.165) is 24.8 Å². The van der Waals surface area contributed by atoms with E-state index in [1.165, 1.54) is 37.2 Å². The van der Waals surface area contributed by atoms with Crippen molar-refractivity contribution in [3.05, 3.63) is 18.0 Å². The highest BCUT2D eigenvalue weighted by Gasteiger charge is 2.32. The van der Waals surface area contributed by atoms with E-state index in [2.05, 4.69) is 21.9 Å². The third kappa shape index (κ3) is 4.34. The molecule has 1 aliphatic heterocycles. The van der Waals surface area contributed by atoms with Gasteiger partial charge in [-0.25, -0.2) is 9.97 Å². The molecule has 1 atom stereocenters. The van der Waals surface area contributed by atoms with Gasteiger partial charge in [-0.05, 0) is 38.9 Å². The molecular formula is C13H18F3N3S. The lowest BCUT2D eigenvalue weighted by molar-refractivity contribution is -0.141. The fourth-order valence-corrected chi connectivity index (χ4v) is 3.23. The second kappa shape index (κ2) is 6.76. The number of rotatable bonds is 4. The van der Waals surface area contributed by atoms with Crippen molar-refractivity contribution in [2.45, 2.75) is 43.1 Å². The number of piperidine rings is 1. The van der Waals surface area contributed by atoms with Crippen LogP contribution in [0.15, 0.2) is 17.4 Å². The number of hydrogen-bond donors (Lipinski definition) is 0. The zero-order valence-corrected chi connectivity index (χ0v) is 12.2. The molecule has 0 unspecified atom stereocenters. The van der Waals surface area contributed by atoms with E-state index in [0.29, 0.717) is 6.04 Å². The van der Waals surface area contributed by atoms with E-state index in [4.69, 9.17) is 0 Å². The van der Waals surface area contributed by atoms with Crippen molar-refractivity contribution in [3.63, 3.8) is 0 Å². The van der Waals surface area contributed by atoms with Gasteiger partial charge in [-0.15, -0.1) is 0 Å². The molecule has 1 aromatic heterocycles. The fraction of sp³-hybridized carbons (Fsp3) is 0.692. The SMILES string of the molecule is CN1CCCC[C@H]1CCSc1nccc(C(F)(F)F)n1. The summed E-state index contributed by atoms with van der Waals surface area (Å²) in [4.78, 5) is 9.78. The quantitative estimate of drug-likeness (QED) is 0.629. The average Bonchev–Trinajstić information content (AvgIpc) is 2.40. The van der Waals surface area contributed by atoms with Crippen molar-refractivity contribution in [3.8, 4) is 0 Å².